The van der Waals surface area contributed by atoms with E-state index >= 15 is 0 Å². The Balaban J connectivity index is 2.67. The molecule has 0 aliphatic heterocycles. The largest absolute Gasteiger partial charge is 0.352 e. The minimum Gasteiger partial charge on any atom is -0.352 e. The topological polar surface area (TPSA) is 84.2 Å². The summed E-state index contributed by atoms with van der Waals surface area (Å²) in [7, 11) is 0. The van der Waals surface area contributed by atoms with Gasteiger partial charge in [0.2, 0.25) is 0 Å². The van der Waals surface area contributed by atoms with Gasteiger partial charge in [-0.15, -0.1) is 0 Å². The van der Waals surface area contributed by atoms with Crippen molar-refractivity contribution >= 4 is 22.9 Å². The first-order chi connectivity index (χ1) is 9.69. The van der Waals surface area contributed by atoms with Gasteiger partial charge in [-0.2, -0.15) is 0 Å². The molecule has 0 bridgehead atoms. The van der Waals surface area contributed by atoms with Crippen molar-refractivity contribution in [3.63, 3.8) is 0 Å². The van der Waals surface area contributed by atoms with Gasteiger partial charge >= 0.3 is 0 Å². The maximum atomic E-state index is 12.0. The Labute approximate surface area is 123 Å². The number of nitrogens with one attached hydrogen (secondary N) is 2. The molecule has 110 valence electrons. The van der Waals surface area contributed by atoms with Crippen molar-refractivity contribution in [1.29, 1.82) is 0 Å². The second-order valence-electron chi connectivity index (χ2n) is 4.21. The molecule has 0 aliphatic carbocycles. The van der Waals surface area contributed by atoms with Crippen molar-refractivity contribution in [3.05, 3.63) is 29.8 Å². The molecule has 20 heavy (non-hydrogen) atoms. The molecule has 0 heterocycles. The average Bonchev–Trinajstić information content (AvgIpc) is 2.46. The van der Waals surface area contributed by atoms with Gasteiger partial charge in [0.25, 0.3) is 11.1 Å². The van der Waals surface area contributed by atoms with Crippen LogP contribution in [-0.2, 0) is 0 Å². The Morgan fingerprint density at radius 3 is 2.65 bits per heavy atom. The zero-order valence-electron chi connectivity index (χ0n) is 11.6. The Bertz CT molecular complexity index is 452. The van der Waals surface area contributed by atoms with Gasteiger partial charge in [0.1, 0.15) is 0 Å². The van der Waals surface area contributed by atoms with Crippen LogP contribution in [0, 0.1) is 0 Å². The van der Waals surface area contributed by atoms with E-state index in [1.165, 1.54) is 0 Å². The standard InChI is InChI=1S/C14H21N3O2S/c1-2-9-17-14(19)20-12-7-4-3-6-11(12)13(18)16-10-5-8-15/h3-4,6-7H,2,5,8-10,15H2,1H3,(H,16,18)(H,17,19). The second kappa shape index (κ2) is 9.39. The Morgan fingerprint density at radius 1 is 1.20 bits per heavy atom. The first-order valence-electron chi connectivity index (χ1n) is 6.72. The molecule has 4 N–H and O–H groups in total. The zero-order valence-corrected chi connectivity index (χ0v) is 12.5. The van der Waals surface area contributed by atoms with Crippen LogP contribution in [0.4, 0.5) is 4.79 Å². The molecule has 5 nitrogen and oxygen atoms in total. The van der Waals surface area contributed by atoms with Gasteiger partial charge in [0.05, 0.1) is 5.56 Å². The lowest BCUT2D eigenvalue weighted by Gasteiger charge is -2.09. The Hall–Kier alpha value is -1.53. The molecule has 0 saturated heterocycles. The summed E-state index contributed by atoms with van der Waals surface area (Å²) in [5.74, 6) is -0.176. The summed E-state index contributed by atoms with van der Waals surface area (Å²) in [6, 6.07) is 7.08. The van der Waals surface area contributed by atoms with E-state index in [1.54, 1.807) is 18.2 Å². The average molecular weight is 295 g/mol. The third-order valence-electron chi connectivity index (χ3n) is 2.52. The van der Waals surface area contributed by atoms with Crippen LogP contribution in [0.1, 0.15) is 30.1 Å². The van der Waals surface area contributed by atoms with Gasteiger partial charge in [0, 0.05) is 18.0 Å². The second-order valence-corrected chi connectivity index (χ2v) is 5.23. The number of thioether (sulfide) groups is 1. The van der Waals surface area contributed by atoms with E-state index in [9.17, 15) is 9.59 Å². The third kappa shape index (κ3) is 5.63. The smallest absolute Gasteiger partial charge is 0.283 e. The van der Waals surface area contributed by atoms with Crippen LogP contribution >= 0.6 is 11.8 Å². The highest BCUT2D eigenvalue weighted by molar-refractivity contribution is 8.13. The molecular weight excluding hydrogens is 274 g/mol. The molecule has 0 saturated carbocycles. The van der Waals surface area contributed by atoms with Crippen molar-refractivity contribution in [3.8, 4) is 0 Å². The molecule has 6 heteroatoms. The first-order valence-corrected chi connectivity index (χ1v) is 7.53. The lowest BCUT2D eigenvalue weighted by molar-refractivity contribution is 0.0950. The minimum atomic E-state index is -0.176. The predicted molar refractivity (Wildman–Crippen MR) is 82.0 cm³/mol. The quantitative estimate of drug-likeness (QED) is 0.530. The molecule has 0 unspecified atom stereocenters. The van der Waals surface area contributed by atoms with Crippen LogP contribution in [0.5, 0.6) is 0 Å². The van der Waals surface area contributed by atoms with E-state index < -0.39 is 0 Å². The number of benzene rings is 1. The molecule has 2 amide bonds. The highest BCUT2D eigenvalue weighted by atomic mass is 32.2. The lowest BCUT2D eigenvalue weighted by Crippen LogP contribution is -2.26. The van der Waals surface area contributed by atoms with E-state index in [1.807, 2.05) is 13.0 Å². The number of nitrogens with two attached hydrogens (primary N) is 1. The molecule has 0 radical (unpaired) electrons. The van der Waals surface area contributed by atoms with Crippen LogP contribution < -0.4 is 16.4 Å². The van der Waals surface area contributed by atoms with Crippen LogP contribution in [0.2, 0.25) is 0 Å². The fourth-order valence-electron chi connectivity index (χ4n) is 1.51. The number of carbonyl (C=O) groups excluding carboxylic acids is 2. The van der Waals surface area contributed by atoms with E-state index in [0.717, 1.165) is 24.6 Å². The van der Waals surface area contributed by atoms with Gasteiger partial charge in [0.15, 0.2) is 0 Å². The van der Waals surface area contributed by atoms with Crippen LogP contribution in [-0.4, -0.2) is 30.8 Å². The maximum Gasteiger partial charge on any atom is 0.283 e. The predicted octanol–water partition coefficient (Wildman–Crippen LogP) is 1.98. The first kappa shape index (κ1) is 16.5. The van der Waals surface area contributed by atoms with E-state index in [2.05, 4.69) is 10.6 Å². The number of hydrogen-bond donors (Lipinski definition) is 3. The molecule has 0 aliphatic rings. The zero-order chi connectivity index (χ0) is 14.8. The lowest BCUT2D eigenvalue weighted by atomic mass is 10.2. The van der Waals surface area contributed by atoms with Crippen molar-refractivity contribution < 1.29 is 9.59 Å². The minimum absolute atomic E-state index is 0.144. The van der Waals surface area contributed by atoms with Crippen molar-refractivity contribution in [1.82, 2.24) is 10.6 Å². The van der Waals surface area contributed by atoms with Crippen LogP contribution in [0.25, 0.3) is 0 Å². The Morgan fingerprint density at radius 2 is 1.95 bits per heavy atom. The number of amides is 2. The highest BCUT2D eigenvalue weighted by Gasteiger charge is 2.13. The van der Waals surface area contributed by atoms with Gasteiger partial charge in [-0.3, -0.25) is 9.59 Å². The van der Waals surface area contributed by atoms with Crippen molar-refractivity contribution in [2.45, 2.75) is 24.7 Å². The molecule has 0 spiro atoms. The highest BCUT2D eigenvalue weighted by Crippen LogP contribution is 2.23. The molecule has 0 aromatic heterocycles. The molecule has 1 aromatic rings. The van der Waals surface area contributed by atoms with Gasteiger partial charge < -0.3 is 16.4 Å². The van der Waals surface area contributed by atoms with Crippen molar-refractivity contribution in [2.75, 3.05) is 19.6 Å². The molecule has 1 rings (SSSR count). The van der Waals surface area contributed by atoms with E-state index in [0.29, 0.717) is 30.1 Å². The van der Waals surface area contributed by atoms with E-state index in [4.69, 9.17) is 5.73 Å². The maximum absolute atomic E-state index is 12.0. The van der Waals surface area contributed by atoms with Gasteiger partial charge in [-0.05, 0) is 43.3 Å². The number of hydrogen-bond acceptors (Lipinski definition) is 4. The normalized spacial score (nSPS) is 10.1. The number of rotatable bonds is 7. The fourth-order valence-corrected chi connectivity index (χ4v) is 2.30. The molecule has 0 atom stereocenters. The van der Waals surface area contributed by atoms with Gasteiger partial charge in [-0.1, -0.05) is 19.1 Å². The fraction of sp³-hybridized carbons (Fsp3) is 0.429. The summed E-state index contributed by atoms with van der Waals surface area (Å²) in [6.45, 7) is 3.70. The summed E-state index contributed by atoms with van der Waals surface area (Å²) in [5.41, 5.74) is 5.90. The van der Waals surface area contributed by atoms with E-state index in [-0.39, 0.29) is 11.1 Å². The molecule has 1 aromatic carbocycles. The third-order valence-corrected chi connectivity index (χ3v) is 3.43. The summed E-state index contributed by atoms with van der Waals surface area (Å²) < 4.78 is 0. The summed E-state index contributed by atoms with van der Waals surface area (Å²) >= 11 is 1.04. The SMILES string of the molecule is CCCNC(=O)Sc1ccccc1C(=O)NCCCN. The van der Waals surface area contributed by atoms with Crippen LogP contribution in [0.15, 0.2) is 29.2 Å². The summed E-state index contributed by atoms with van der Waals surface area (Å²) in [5, 5.41) is 5.42. The Kier molecular flexibility index (Phi) is 7.75. The molecule has 0 fully saturated rings. The van der Waals surface area contributed by atoms with Crippen LogP contribution in [0.3, 0.4) is 0 Å². The monoisotopic (exact) mass is 295 g/mol. The summed E-state index contributed by atoms with van der Waals surface area (Å²) in [4.78, 5) is 24.4. The van der Waals surface area contributed by atoms with Gasteiger partial charge in [-0.25, -0.2) is 0 Å². The van der Waals surface area contributed by atoms with Crippen molar-refractivity contribution in [2.24, 2.45) is 5.73 Å². The molecular formula is C14H21N3O2S. The number of carbonyl (C=O) groups is 2. The summed E-state index contributed by atoms with van der Waals surface area (Å²) in [6.07, 6.45) is 1.62.